The molecule has 2 atom stereocenters. The number of nitrogens with one attached hydrogen (secondary N) is 1. The first-order chi connectivity index (χ1) is 15.5. The summed E-state index contributed by atoms with van der Waals surface area (Å²) in [4.78, 5) is 25.3. The van der Waals surface area contributed by atoms with E-state index in [-0.39, 0.29) is 31.3 Å². The number of rotatable bonds is 14. The van der Waals surface area contributed by atoms with Gasteiger partial charge < -0.3 is 24.3 Å². The lowest BCUT2D eigenvalue weighted by molar-refractivity contribution is -0.162. The number of benzene rings is 1. The summed E-state index contributed by atoms with van der Waals surface area (Å²) in [6, 6.07) is 4.06. The topological polar surface area (TPSA) is 160 Å². The SMILES string of the molecule is CCOC(=O)C(C(=O)OCC)C(NS(=O)(=O)c1ccc(C)cc1)[C@@H](N)P(=O)(OCC)OCC. The standard InChI is InChI=1S/C20H33N2O9PS/c1-6-28-19(23)16(20(24)29-7-2)17(18(21)32(25,30-8-3)31-9-4)22-33(26,27)15-12-10-14(5)11-13-15/h10-13,16-18,22H,6-9,21H2,1-5H3/t17?,18-/m0/s1. The summed E-state index contributed by atoms with van der Waals surface area (Å²) < 4.78 is 62.3. The molecule has 188 valence electrons. The third-order valence-electron chi connectivity index (χ3n) is 4.41. The van der Waals surface area contributed by atoms with Crippen LogP contribution >= 0.6 is 7.60 Å². The molecule has 0 aliphatic rings. The minimum absolute atomic E-state index is 0.0775. The summed E-state index contributed by atoms with van der Waals surface area (Å²) in [6.45, 7) is 7.52. The summed E-state index contributed by atoms with van der Waals surface area (Å²) in [7, 11) is -8.52. The van der Waals surface area contributed by atoms with Crippen molar-refractivity contribution in [1.29, 1.82) is 0 Å². The monoisotopic (exact) mass is 508 g/mol. The molecule has 0 saturated carbocycles. The highest BCUT2D eigenvalue weighted by molar-refractivity contribution is 7.89. The van der Waals surface area contributed by atoms with Crippen molar-refractivity contribution in [2.24, 2.45) is 11.7 Å². The second-order valence-corrected chi connectivity index (χ2v) is 10.7. The lowest BCUT2D eigenvalue weighted by Crippen LogP contribution is -2.56. The van der Waals surface area contributed by atoms with Crippen molar-refractivity contribution >= 4 is 29.6 Å². The van der Waals surface area contributed by atoms with E-state index >= 15 is 0 Å². The molecule has 0 heterocycles. The van der Waals surface area contributed by atoms with Crippen LogP contribution in [0.25, 0.3) is 0 Å². The molecule has 13 heteroatoms. The van der Waals surface area contributed by atoms with Crippen LogP contribution in [0.3, 0.4) is 0 Å². The molecule has 3 N–H and O–H groups in total. The fraction of sp³-hybridized carbons (Fsp3) is 0.600. The van der Waals surface area contributed by atoms with Crippen molar-refractivity contribution < 1.29 is 41.1 Å². The number of carbonyl (C=O) groups excluding carboxylic acids is 2. The van der Waals surface area contributed by atoms with Crippen LogP contribution < -0.4 is 10.5 Å². The van der Waals surface area contributed by atoms with Gasteiger partial charge in [-0.25, -0.2) is 13.1 Å². The Bertz CT molecular complexity index is 909. The van der Waals surface area contributed by atoms with Gasteiger partial charge in [0.1, 0.15) is 5.78 Å². The zero-order valence-electron chi connectivity index (χ0n) is 19.5. The van der Waals surface area contributed by atoms with Crippen LogP contribution in [0.1, 0.15) is 33.3 Å². The van der Waals surface area contributed by atoms with Crippen LogP contribution in [0.15, 0.2) is 29.2 Å². The summed E-state index contributed by atoms with van der Waals surface area (Å²) in [6.07, 6.45) is 0. The molecule has 0 radical (unpaired) electrons. The highest BCUT2D eigenvalue weighted by atomic mass is 32.2. The van der Waals surface area contributed by atoms with Crippen LogP contribution in [0.5, 0.6) is 0 Å². The van der Waals surface area contributed by atoms with Gasteiger partial charge in [-0.3, -0.25) is 14.2 Å². The van der Waals surface area contributed by atoms with Crippen LogP contribution in [-0.4, -0.2) is 58.6 Å². The van der Waals surface area contributed by atoms with Gasteiger partial charge in [-0.1, -0.05) is 17.7 Å². The fourth-order valence-corrected chi connectivity index (χ4v) is 6.07. The van der Waals surface area contributed by atoms with Gasteiger partial charge >= 0.3 is 19.5 Å². The Balaban J connectivity index is 3.62. The predicted octanol–water partition coefficient (Wildman–Crippen LogP) is 1.94. The third kappa shape index (κ3) is 7.87. The van der Waals surface area contributed by atoms with Gasteiger partial charge in [0.05, 0.1) is 37.4 Å². The molecule has 0 aliphatic carbocycles. The minimum atomic E-state index is -4.33. The van der Waals surface area contributed by atoms with Gasteiger partial charge in [-0.2, -0.15) is 0 Å². The molecule has 0 bridgehead atoms. The Morgan fingerprint density at radius 1 is 0.939 bits per heavy atom. The van der Waals surface area contributed by atoms with E-state index in [9.17, 15) is 22.6 Å². The highest BCUT2D eigenvalue weighted by Crippen LogP contribution is 2.53. The first-order valence-corrected chi connectivity index (χ1v) is 13.6. The summed E-state index contributed by atoms with van der Waals surface area (Å²) in [5, 5.41) is 0. The fourth-order valence-electron chi connectivity index (χ4n) is 2.92. The Labute approximate surface area is 194 Å². The number of esters is 2. The number of hydrogen-bond donors (Lipinski definition) is 2. The van der Waals surface area contributed by atoms with Crippen molar-refractivity contribution in [3.8, 4) is 0 Å². The second-order valence-electron chi connectivity index (χ2n) is 6.81. The van der Waals surface area contributed by atoms with Crippen molar-refractivity contribution in [2.75, 3.05) is 26.4 Å². The summed E-state index contributed by atoms with van der Waals surface area (Å²) in [5.41, 5.74) is 7.01. The molecule has 0 fully saturated rings. The lowest BCUT2D eigenvalue weighted by Gasteiger charge is -2.33. The lowest BCUT2D eigenvalue weighted by atomic mass is 10.0. The van der Waals surface area contributed by atoms with Crippen molar-refractivity contribution in [3.05, 3.63) is 29.8 Å². The van der Waals surface area contributed by atoms with Crippen LogP contribution in [0, 0.1) is 12.8 Å². The maximum atomic E-state index is 13.4. The van der Waals surface area contributed by atoms with Gasteiger partial charge in [0.15, 0.2) is 5.92 Å². The zero-order valence-corrected chi connectivity index (χ0v) is 21.2. The molecule has 33 heavy (non-hydrogen) atoms. The first-order valence-electron chi connectivity index (χ1n) is 10.5. The Hall–Kier alpha value is -1.82. The van der Waals surface area contributed by atoms with Gasteiger partial charge in [-0.15, -0.1) is 0 Å². The van der Waals surface area contributed by atoms with Gasteiger partial charge in [-0.05, 0) is 46.8 Å². The predicted molar refractivity (Wildman–Crippen MR) is 121 cm³/mol. The number of aryl methyl sites for hydroxylation is 1. The molecular formula is C20H33N2O9PS. The minimum Gasteiger partial charge on any atom is -0.465 e. The maximum absolute atomic E-state index is 13.4. The van der Waals surface area contributed by atoms with Gasteiger partial charge in [0.2, 0.25) is 10.0 Å². The number of carbonyl (C=O) groups is 2. The largest absolute Gasteiger partial charge is 0.465 e. The number of nitrogens with two attached hydrogens (primary N) is 1. The Morgan fingerprint density at radius 3 is 1.79 bits per heavy atom. The number of hydrogen-bond acceptors (Lipinski definition) is 10. The first kappa shape index (κ1) is 29.2. The molecule has 1 aromatic rings. The van der Waals surface area contributed by atoms with Crippen molar-refractivity contribution in [2.45, 2.75) is 51.3 Å². The Morgan fingerprint density at radius 2 is 1.39 bits per heavy atom. The molecule has 0 amide bonds. The molecule has 0 saturated heterocycles. The van der Waals surface area contributed by atoms with Crippen LogP contribution in [0.2, 0.25) is 0 Å². The molecule has 0 aliphatic heterocycles. The molecule has 1 rings (SSSR count). The molecule has 11 nitrogen and oxygen atoms in total. The zero-order chi connectivity index (χ0) is 25.2. The molecule has 1 unspecified atom stereocenters. The van der Waals surface area contributed by atoms with Gasteiger partial charge in [0.25, 0.3) is 0 Å². The average Bonchev–Trinajstić information content (AvgIpc) is 2.73. The van der Waals surface area contributed by atoms with E-state index in [4.69, 9.17) is 24.3 Å². The molecule has 0 aromatic heterocycles. The second kappa shape index (κ2) is 13.2. The number of sulfonamides is 1. The van der Waals surface area contributed by atoms with E-state index in [1.54, 1.807) is 19.1 Å². The van der Waals surface area contributed by atoms with E-state index in [1.165, 1.54) is 39.8 Å². The summed E-state index contributed by atoms with van der Waals surface area (Å²) >= 11 is 0. The van der Waals surface area contributed by atoms with E-state index in [0.717, 1.165) is 5.56 Å². The Kier molecular flexibility index (Phi) is 11.7. The average molecular weight is 509 g/mol. The van der Waals surface area contributed by atoms with E-state index in [0.29, 0.717) is 0 Å². The third-order valence-corrected chi connectivity index (χ3v) is 8.18. The maximum Gasteiger partial charge on any atom is 0.348 e. The smallest absolute Gasteiger partial charge is 0.348 e. The molecular weight excluding hydrogens is 475 g/mol. The van der Waals surface area contributed by atoms with E-state index < -0.39 is 47.3 Å². The van der Waals surface area contributed by atoms with E-state index in [2.05, 4.69) is 4.72 Å². The molecule has 1 aromatic carbocycles. The quantitative estimate of drug-likeness (QED) is 0.216. The van der Waals surface area contributed by atoms with Crippen molar-refractivity contribution in [3.63, 3.8) is 0 Å². The van der Waals surface area contributed by atoms with Crippen LogP contribution in [-0.2, 0) is 42.7 Å². The van der Waals surface area contributed by atoms with E-state index in [1.807, 2.05) is 0 Å². The normalized spacial score (nSPS) is 14.0. The van der Waals surface area contributed by atoms with Crippen molar-refractivity contribution in [1.82, 2.24) is 4.72 Å². The van der Waals surface area contributed by atoms with Gasteiger partial charge in [0, 0.05) is 0 Å². The van der Waals surface area contributed by atoms with Crippen LogP contribution in [0.4, 0.5) is 0 Å². The molecule has 0 spiro atoms. The highest BCUT2D eigenvalue weighted by Gasteiger charge is 2.50. The summed E-state index contributed by atoms with van der Waals surface area (Å²) in [5.74, 6) is -5.80. The number of ether oxygens (including phenoxy) is 2.